The fourth-order valence-corrected chi connectivity index (χ4v) is 5.17. The summed E-state index contributed by atoms with van der Waals surface area (Å²) in [6.45, 7) is 3.97. The van der Waals surface area contributed by atoms with Crippen molar-refractivity contribution in [2.45, 2.75) is 50.9 Å². The number of hydrogen-bond acceptors (Lipinski definition) is 8. The smallest absolute Gasteiger partial charge is 0.225 e. The molecule has 1 aromatic rings. The highest BCUT2D eigenvalue weighted by Crippen LogP contribution is 2.66. The second kappa shape index (κ2) is 6.68. The standard InChI is InChI=1S/C23H23N7O/c1-14-7-16(5-4-6-24)8-15(2)18(14)31-20-17-19(26-13-30(17)3)27-21(28-20)29-23-9-22(10-23,11-23)12-25/h4-5,7-8,13,17,19H,9-11H2,1-3H3,(H,27,29)/b5-4+. The zero-order valence-corrected chi connectivity index (χ0v) is 17.8. The summed E-state index contributed by atoms with van der Waals surface area (Å²) in [4.78, 5) is 15.9. The number of aryl methyl sites for hydroxylation is 2. The lowest BCUT2D eigenvalue weighted by molar-refractivity contribution is -0.0978. The Morgan fingerprint density at radius 2 is 1.94 bits per heavy atom. The van der Waals surface area contributed by atoms with E-state index in [-0.39, 0.29) is 23.2 Å². The van der Waals surface area contributed by atoms with E-state index in [4.69, 9.17) is 20.0 Å². The molecule has 2 unspecified atom stereocenters. The summed E-state index contributed by atoms with van der Waals surface area (Å²) in [5.41, 5.74) is 2.67. The molecule has 2 aliphatic heterocycles. The molecule has 0 spiro atoms. The van der Waals surface area contributed by atoms with Crippen molar-refractivity contribution >= 4 is 24.3 Å². The summed E-state index contributed by atoms with van der Waals surface area (Å²) < 4.78 is 6.38. The first-order chi connectivity index (χ1) is 14.9. The molecule has 31 heavy (non-hydrogen) atoms. The molecule has 2 heterocycles. The molecule has 0 amide bonds. The number of rotatable bonds is 3. The van der Waals surface area contributed by atoms with Crippen LogP contribution < -0.4 is 10.1 Å². The van der Waals surface area contributed by atoms with E-state index in [0.717, 1.165) is 41.7 Å². The maximum absolute atomic E-state index is 9.28. The molecule has 5 aliphatic rings. The summed E-state index contributed by atoms with van der Waals surface area (Å²) in [5, 5.41) is 21.5. The van der Waals surface area contributed by atoms with Crippen LogP contribution >= 0.6 is 0 Å². The van der Waals surface area contributed by atoms with Gasteiger partial charge in [-0.25, -0.2) is 9.98 Å². The number of nitriles is 2. The summed E-state index contributed by atoms with van der Waals surface area (Å²) in [6, 6.07) is 8.23. The van der Waals surface area contributed by atoms with Crippen LogP contribution in [0.4, 0.5) is 0 Å². The summed E-state index contributed by atoms with van der Waals surface area (Å²) in [6.07, 6.45) is 7.23. The Bertz CT molecular complexity index is 1120. The van der Waals surface area contributed by atoms with Gasteiger partial charge in [0.15, 0.2) is 6.17 Å². The molecule has 2 atom stereocenters. The van der Waals surface area contributed by atoms with E-state index >= 15 is 0 Å². The average molecular weight is 413 g/mol. The fraction of sp³-hybridized carbons (Fsp3) is 0.435. The molecule has 156 valence electrons. The van der Waals surface area contributed by atoms with Crippen LogP contribution in [-0.4, -0.2) is 47.9 Å². The van der Waals surface area contributed by atoms with Crippen LogP contribution in [0.5, 0.6) is 5.75 Å². The number of ether oxygens (including phenoxy) is 1. The molecule has 2 bridgehead atoms. The van der Waals surface area contributed by atoms with Gasteiger partial charge in [0, 0.05) is 18.7 Å². The second-order valence-electron chi connectivity index (χ2n) is 9.07. The lowest BCUT2D eigenvalue weighted by Crippen LogP contribution is -2.74. The minimum absolute atomic E-state index is 0.0647. The summed E-state index contributed by atoms with van der Waals surface area (Å²) >= 11 is 0. The van der Waals surface area contributed by atoms with E-state index in [1.165, 1.54) is 6.08 Å². The van der Waals surface area contributed by atoms with Crippen molar-refractivity contribution in [3.05, 3.63) is 34.9 Å². The molecule has 3 aliphatic carbocycles. The third-order valence-corrected chi connectivity index (χ3v) is 6.53. The third-order valence-electron chi connectivity index (χ3n) is 6.53. The molecule has 6 rings (SSSR count). The Balaban J connectivity index is 1.41. The predicted molar refractivity (Wildman–Crippen MR) is 118 cm³/mol. The SMILES string of the molecule is Cc1cc(/C=C/C#N)cc(C)c1OC1=NC(NC23CC(C#N)(C2)C3)=NC2N=CN(C)C12. The van der Waals surface area contributed by atoms with Crippen LogP contribution in [0.25, 0.3) is 6.08 Å². The monoisotopic (exact) mass is 413 g/mol. The lowest BCUT2D eigenvalue weighted by atomic mass is 9.40. The maximum atomic E-state index is 9.28. The highest BCUT2D eigenvalue weighted by atomic mass is 16.5. The predicted octanol–water partition coefficient (Wildman–Crippen LogP) is 2.69. The Labute approximate surface area is 181 Å². The van der Waals surface area contributed by atoms with E-state index in [9.17, 15) is 5.26 Å². The Hall–Kier alpha value is -3.65. The number of likely N-dealkylation sites (N-methyl/N-ethyl adjacent to an activating group) is 1. The Morgan fingerprint density at radius 1 is 1.23 bits per heavy atom. The molecule has 8 nitrogen and oxygen atoms in total. The van der Waals surface area contributed by atoms with Crippen LogP contribution in [0, 0.1) is 41.9 Å². The molecule has 8 heteroatoms. The highest BCUT2D eigenvalue weighted by molar-refractivity contribution is 6.01. The molecular weight excluding hydrogens is 390 g/mol. The fourth-order valence-electron chi connectivity index (χ4n) is 5.17. The van der Waals surface area contributed by atoms with Gasteiger partial charge in [-0.15, -0.1) is 0 Å². The summed E-state index contributed by atoms with van der Waals surface area (Å²) in [7, 11) is 1.94. The van der Waals surface area contributed by atoms with Crippen LogP contribution in [-0.2, 0) is 0 Å². The average Bonchev–Trinajstić information content (AvgIpc) is 3.05. The Morgan fingerprint density at radius 3 is 2.58 bits per heavy atom. The van der Waals surface area contributed by atoms with Gasteiger partial charge in [-0.3, -0.25) is 0 Å². The van der Waals surface area contributed by atoms with Crippen LogP contribution in [0.15, 0.2) is 33.2 Å². The highest BCUT2D eigenvalue weighted by Gasteiger charge is 2.69. The normalized spacial score (nSPS) is 32.2. The number of benzene rings is 1. The number of nitrogens with zero attached hydrogens (tertiary/aromatic N) is 6. The van der Waals surface area contributed by atoms with Crippen molar-refractivity contribution in [3.63, 3.8) is 0 Å². The first-order valence-electron chi connectivity index (χ1n) is 10.3. The van der Waals surface area contributed by atoms with Crippen molar-refractivity contribution in [2.24, 2.45) is 20.4 Å². The van der Waals surface area contributed by atoms with Crippen molar-refractivity contribution in [1.82, 2.24) is 10.2 Å². The van der Waals surface area contributed by atoms with Gasteiger partial charge in [-0.2, -0.15) is 15.5 Å². The van der Waals surface area contributed by atoms with Gasteiger partial charge in [0.05, 0.1) is 23.9 Å². The number of fused-ring (bicyclic) bond motifs is 1. The van der Waals surface area contributed by atoms with E-state index in [1.54, 1.807) is 12.4 Å². The van der Waals surface area contributed by atoms with Gasteiger partial charge in [0.2, 0.25) is 11.9 Å². The number of nitrogens with one attached hydrogen (secondary N) is 1. The molecular formula is C23H23N7O. The van der Waals surface area contributed by atoms with Gasteiger partial charge in [-0.05, 0) is 68.0 Å². The van der Waals surface area contributed by atoms with Gasteiger partial charge in [0.1, 0.15) is 11.8 Å². The van der Waals surface area contributed by atoms with Crippen molar-refractivity contribution in [1.29, 1.82) is 10.5 Å². The zero-order chi connectivity index (χ0) is 21.8. The third kappa shape index (κ3) is 3.07. The first kappa shape index (κ1) is 19.3. The molecule has 3 saturated carbocycles. The molecule has 1 N–H and O–H groups in total. The maximum Gasteiger partial charge on any atom is 0.225 e. The quantitative estimate of drug-likeness (QED) is 0.766. The largest absolute Gasteiger partial charge is 0.440 e. The molecule has 1 aromatic carbocycles. The van der Waals surface area contributed by atoms with E-state index in [1.807, 2.05) is 44.0 Å². The number of aliphatic imine (C=N–C) groups is 3. The van der Waals surface area contributed by atoms with Gasteiger partial charge < -0.3 is 15.0 Å². The van der Waals surface area contributed by atoms with E-state index < -0.39 is 0 Å². The van der Waals surface area contributed by atoms with Gasteiger partial charge >= 0.3 is 0 Å². The van der Waals surface area contributed by atoms with Crippen LogP contribution in [0.1, 0.15) is 36.0 Å². The van der Waals surface area contributed by atoms with E-state index in [0.29, 0.717) is 11.9 Å². The van der Waals surface area contributed by atoms with Crippen LogP contribution in [0.3, 0.4) is 0 Å². The molecule has 0 saturated heterocycles. The topological polar surface area (TPSA) is 109 Å². The van der Waals surface area contributed by atoms with E-state index in [2.05, 4.69) is 16.4 Å². The number of hydrogen-bond donors (Lipinski definition) is 1. The van der Waals surface area contributed by atoms with Crippen LogP contribution in [0.2, 0.25) is 0 Å². The van der Waals surface area contributed by atoms with Gasteiger partial charge in [0.25, 0.3) is 0 Å². The van der Waals surface area contributed by atoms with Gasteiger partial charge in [-0.1, -0.05) is 0 Å². The second-order valence-corrected chi connectivity index (χ2v) is 9.07. The van der Waals surface area contributed by atoms with Crippen molar-refractivity contribution < 1.29 is 4.74 Å². The lowest BCUT2D eigenvalue weighted by Gasteiger charge is -2.67. The Kier molecular flexibility index (Phi) is 4.16. The molecule has 0 radical (unpaired) electrons. The summed E-state index contributed by atoms with van der Waals surface area (Å²) in [5.74, 6) is 1.83. The van der Waals surface area contributed by atoms with Crippen molar-refractivity contribution in [3.8, 4) is 17.9 Å². The first-order valence-corrected chi connectivity index (χ1v) is 10.3. The molecule has 3 fully saturated rings. The van der Waals surface area contributed by atoms with Crippen molar-refractivity contribution in [2.75, 3.05) is 7.05 Å². The number of guanidine groups is 1. The molecule has 0 aromatic heterocycles. The number of allylic oxidation sites excluding steroid dienone is 1. The minimum Gasteiger partial charge on any atom is -0.440 e. The minimum atomic E-state index is -0.310. The zero-order valence-electron chi connectivity index (χ0n) is 17.8.